The summed E-state index contributed by atoms with van der Waals surface area (Å²) in [6.45, 7) is 2.54. The van der Waals surface area contributed by atoms with E-state index in [4.69, 9.17) is 10.6 Å². The minimum Gasteiger partial charge on any atom is -0.494 e. The second-order valence-electron chi connectivity index (χ2n) is 3.46. The van der Waals surface area contributed by atoms with E-state index in [0.717, 1.165) is 16.3 Å². The lowest BCUT2D eigenvalue weighted by molar-refractivity contribution is 0.0957. The van der Waals surface area contributed by atoms with Gasteiger partial charge in [0, 0.05) is 5.56 Å². The zero-order chi connectivity index (χ0) is 13.0. The molecule has 1 aromatic heterocycles. The molecule has 18 heavy (non-hydrogen) atoms. The van der Waals surface area contributed by atoms with Gasteiger partial charge in [-0.1, -0.05) is 12.1 Å². The monoisotopic (exact) mass is 263 g/mol. The Hall–Kier alpha value is -1.92. The molecular weight excluding hydrogens is 250 g/mol. The van der Waals surface area contributed by atoms with Crippen molar-refractivity contribution in [2.45, 2.75) is 6.92 Å². The van der Waals surface area contributed by atoms with E-state index in [1.54, 1.807) is 0 Å². The van der Waals surface area contributed by atoms with Crippen LogP contribution in [-0.2, 0) is 0 Å². The van der Waals surface area contributed by atoms with Gasteiger partial charge in [-0.15, -0.1) is 11.3 Å². The molecule has 2 rings (SSSR count). The largest absolute Gasteiger partial charge is 0.494 e. The molecule has 1 aromatic carbocycles. The van der Waals surface area contributed by atoms with E-state index in [0.29, 0.717) is 11.5 Å². The first-order valence-electron chi connectivity index (χ1n) is 5.44. The number of aromatic nitrogens is 1. The second kappa shape index (κ2) is 5.61. The topological polar surface area (TPSA) is 77.2 Å². The van der Waals surface area contributed by atoms with Gasteiger partial charge in [0.2, 0.25) is 0 Å². The number of ether oxygens (including phenoxy) is 1. The number of thiazole rings is 1. The van der Waals surface area contributed by atoms with Crippen LogP contribution in [-0.4, -0.2) is 17.5 Å². The van der Waals surface area contributed by atoms with E-state index < -0.39 is 0 Å². The third kappa shape index (κ3) is 2.66. The number of hydrazine groups is 1. The fraction of sp³-hybridized carbons (Fsp3) is 0.167. The van der Waals surface area contributed by atoms with Crippen molar-refractivity contribution in [3.05, 3.63) is 35.3 Å². The van der Waals surface area contributed by atoms with Crippen LogP contribution in [0, 0.1) is 0 Å². The Morgan fingerprint density at radius 3 is 3.11 bits per heavy atom. The number of nitrogens with one attached hydrogen (secondary N) is 1. The molecule has 6 heteroatoms. The highest BCUT2D eigenvalue weighted by Crippen LogP contribution is 2.27. The third-order valence-electron chi connectivity index (χ3n) is 2.25. The standard InChI is InChI=1S/C12H13N3O2S/c1-2-17-9-5-3-4-8(6-9)12-14-7-10(18-12)11(16)15-13/h3-7H,2,13H2,1H3,(H,15,16). The summed E-state index contributed by atoms with van der Waals surface area (Å²) in [7, 11) is 0. The molecule has 0 radical (unpaired) electrons. The number of hydrogen-bond acceptors (Lipinski definition) is 5. The van der Waals surface area contributed by atoms with Gasteiger partial charge in [-0.3, -0.25) is 10.2 Å². The molecule has 0 aliphatic carbocycles. The van der Waals surface area contributed by atoms with Crippen LogP contribution in [0.4, 0.5) is 0 Å². The smallest absolute Gasteiger partial charge is 0.276 e. The van der Waals surface area contributed by atoms with E-state index in [1.165, 1.54) is 17.5 Å². The number of hydrogen-bond donors (Lipinski definition) is 2. The Labute approximate surface area is 109 Å². The Morgan fingerprint density at radius 2 is 2.39 bits per heavy atom. The van der Waals surface area contributed by atoms with Crippen molar-refractivity contribution in [1.29, 1.82) is 0 Å². The van der Waals surface area contributed by atoms with Crippen LogP contribution in [0.25, 0.3) is 10.6 Å². The summed E-state index contributed by atoms with van der Waals surface area (Å²) < 4.78 is 5.42. The Morgan fingerprint density at radius 1 is 1.56 bits per heavy atom. The predicted octanol–water partition coefficient (Wildman–Crippen LogP) is 1.81. The Balaban J connectivity index is 2.28. The fourth-order valence-corrected chi connectivity index (χ4v) is 2.28. The van der Waals surface area contributed by atoms with E-state index in [2.05, 4.69) is 10.4 Å². The van der Waals surface area contributed by atoms with E-state index >= 15 is 0 Å². The highest BCUT2D eigenvalue weighted by atomic mass is 32.1. The lowest BCUT2D eigenvalue weighted by atomic mass is 10.2. The van der Waals surface area contributed by atoms with Crippen LogP contribution in [0.15, 0.2) is 30.5 Å². The van der Waals surface area contributed by atoms with Crippen molar-refractivity contribution < 1.29 is 9.53 Å². The molecule has 94 valence electrons. The zero-order valence-corrected chi connectivity index (χ0v) is 10.7. The van der Waals surface area contributed by atoms with E-state index in [1.807, 2.05) is 31.2 Å². The summed E-state index contributed by atoms with van der Waals surface area (Å²) in [4.78, 5) is 16.0. The van der Waals surface area contributed by atoms with Crippen LogP contribution < -0.4 is 16.0 Å². The van der Waals surface area contributed by atoms with Gasteiger partial charge in [0.15, 0.2) is 0 Å². The van der Waals surface area contributed by atoms with Gasteiger partial charge < -0.3 is 4.74 Å². The van der Waals surface area contributed by atoms with Crippen molar-refractivity contribution in [3.8, 4) is 16.3 Å². The number of nitrogens with zero attached hydrogens (tertiary/aromatic N) is 1. The number of nitrogens with two attached hydrogens (primary N) is 1. The second-order valence-corrected chi connectivity index (χ2v) is 4.49. The van der Waals surface area contributed by atoms with Crippen molar-refractivity contribution in [2.75, 3.05) is 6.61 Å². The van der Waals surface area contributed by atoms with Gasteiger partial charge in [0.1, 0.15) is 15.6 Å². The molecule has 0 aliphatic rings. The number of rotatable bonds is 4. The van der Waals surface area contributed by atoms with Gasteiger partial charge >= 0.3 is 0 Å². The summed E-state index contributed by atoms with van der Waals surface area (Å²) in [6, 6.07) is 7.59. The van der Waals surface area contributed by atoms with Crippen molar-refractivity contribution in [3.63, 3.8) is 0 Å². The van der Waals surface area contributed by atoms with E-state index in [-0.39, 0.29) is 5.91 Å². The minimum atomic E-state index is -0.334. The number of amides is 1. The Bertz CT molecular complexity index is 554. The Kier molecular flexibility index (Phi) is 3.91. The number of carbonyl (C=O) groups is 1. The highest BCUT2D eigenvalue weighted by Gasteiger charge is 2.10. The fourth-order valence-electron chi connectivity index (χ4n) is 1.47. The molecule has 0 fully saturated rings. The molecule has 0 aliphatic heterocycles. The minimum absolute atomic E-state index is 0.334. The highest BCUT2D eigenvalue weighted by molar-refractivity contribution is 7.16. The maximum absolute atomic E-state index is 11.3. The summed E-state index contributed by atoms with van der Waals surface area (Å²) in [5.74, 6) is 5.53. The summed E-state index contributed by atoms with van der Waals surface area (Å²) in [5, 5.41) is 0.759. The molecule has 2 aromatic rings. The number of benzene rings is 1. The number of carbonyl (C=O) groups excluding carboxylic acids is 1. The van der Waals surface area contributed by atoms with Gasteiger partial charge in [-0.2, -0.15) is 0 Å². The van der Waals surface area contributed by atoms with Crippen LogP contribution >= 0.6 is 11.3 Å². The normalized spacial score (nSPS) is 10.1. The summed E-state index contributed by atoms with van der Waals surface area (Å²) >= 11 is 1.29. The lowest BCUT2D eigenvalue weighted by Crippen LogP contribution is -2.29. The van der Waals surface area contributed by atoms with Crippen LogP contribution in [0.3, 0.4) is 0 Å². The summed E-state index contributed by atoms with van der Waals surface area (Å²) in [6.07, 6.45) is 1.51. The van der Waals surface area contributed by atoms with E-state index in [9.17, 15) is 4.79 Å². The molecule has 0 unspecified atom stereocenters. The van der Waals surface area contributed by atoms with Crippen LogP contribution in [0.5, 0.6) is 5.75 Å². The SMILES string of the molecule is CCOc1cccc(-c2ncc(C(=O)NN)s2)c1. The third-order valence-corrected chi connectivity index (χ3v) is 3.30. The summed E-state index contributed by atoms with van der Waals surface area (Å²) in [5.41, 5.74) is 3.00. The number of nitrogen functional groups attached to an aromatic ring is 1. The molecule has 1 heterocycles. The van der Waals surface area contributed by atoms with Crippen molar-refractivity contribution >= 4 is 17.2 Å². The molecule has 3 N–H and O–H groups in total. The van der Waals surface area contributed by atoms with Gasteiger partial charge in [-0.05, 0) is 19.1 Å². The zero-order valence-electron chi connectivity index (χ0n) is 9.84. The molecule has 0 atom stereocenters. The first-order valence-corrected chi connectivity index (χ1v) is 6.26. The van der Waals surface area contributed by atoms with Crippen LogP contribution in [0.2, 0.25) is 0 Å². The lowest BCUT2D eigenvalue weighted by Gasteiger charge is -2.03. The van der Waals surface area contributed by atoms with Crippen molar-refractivity contribution in [1.82, 2.24) is 10.4 Å². The molecule has 0 saturated heterocycles. The molecule has 0 spiro atoms. The maximum atomic E-state index is 11.3. The first-order chi connectivity index (χ1) is 8.74. The van der Waals surface area contributed by atoms with Gasteiger partial charge in [0.25, 0.3) is 5.91 Å². The molecule has 5 nitrogen and oxygen atoms in total. The maximum Gasteiger partial charge on any atom is 0.276 e. The molecule has 1 amide bonds. The predicted molar refractivity (Wildman–Crippen MR) is 70.4 cm³/mol. The molecule has 0 bridgehead atoms. The average molecular weight is 263 g/mol. The molecule has 0 saturated carbocycles. The average Bonchev–Trinajstić information content (AvgIpc) is 2.88. The van der Waals surface area contributed by atoms with Gasteiger partial charge in [-0.25, -0.2) is 10.8 Å². The molecular formula is C12H13N3O2S. The first kappa shape index (κ1) is 12.5. The quantitative estimate of drug-likeness (QED) is 0.501. The van der Waals surface area contributed by atoms with Crippen molar-refractivity contribution in [2.24, 2.45) is 5.84 Å². The van der Waals surface area contributed by atoms with Gasteiger partial charge in [0.05, 0.1) is 12.8 Å². The van der Waals surface area contributed by atoms with Crippen LogP contribution in [0.1, 0.15) is 16.6 Å².